The minimum absolute atomic E-state index is 0.0351. The van der Waals surface area contributed by atoms with Crippen LogP contribution in [0.1, 0.15) is 33.1 Å². The molecule has 1 rings (SSSR count). The van der Waals surface area contributed by atoms with Gasteiger partial charge in [0.15, 0.2) is 0 Å². The molecule has 0 N–H and O–H groups in total. The molecule has 0 radical (unpaired) electrons. The van der Waals surface area contributed by atoms with Gasteiger partial charge in [-0.1, -0.05) is 25.8 Å². The highest BCUT2D eigenvalue weighted by molar-refractivity contribution is 5.70. The zero-order valence-electron chi connectivity index (χ0n) is 10.1. The fraction of sp³-hybridized carbons (Fsp3) is 0.750. The lowest BCUT2D eigenvalue weighted by Crippen LogP contribution is -2.35. The van der Waals surface area contributed by atoms with Crippen LogP contribution in [0.3, 0.4) is 0 Å². The van der Waals surface area contributed by atoms with Crippen molar-refractivity contribution in [3.8, 4) is 0 Å². The number of unbranched alkanes of at least 4 members (excludes halogenated alkanes) is 2. The fourth-order valence-corrected chi connectivity index (χ4v) is 1.68. The van der Waals surface area contributed by atoms with E-state index in [1.165, 1.54) is 0 Å². The molecule has 0 aliphatic carbocycles. The van der Waals surface area contributed by atoms with E-state index in [0.29, 0.717) is 13.2 Å². The Labute approximate surface area is 97.2 Å². The molecule has 1 amide bonds. The van der Waals surface area contributed by atoms with E-state index >= 15 is 0 Å². The van der Waals surface area contributed by atoms with Crippen molar-refractivity contribution >= 4 is 6.09 Å². The van der Waals surface area contributed by atoms with E-state index in [1.54, 1.807) is 11.0 Å². The maximum absolute atomic E-state index is 11.4. The van der Waals surface area contributed by atoms with Crippen LogP contribution in [0.15, 0.2) is 12.7 Å². The van der Waals surface area contributed by atoms with Crippen LogP contribution in [0.2, 0.25) is 0 Å². The van der Waals surface area contributed by atoms with Crippen molar-refractivity contribution in [3.05, 3.63) is 12.7 Å². The van der Waals surface area contributed by atoms with E-state index in [9.17, 15) is 4.79 Å². The summed E-state index contributed by atoms with van der Waals surface area (Å²) in [6.45, 7) is 8.85. The Morgan fingerprint density at radius 1 is 1.56 bits per heavy atom. The Bertz CT molecular complexity index is 242. The first-order valence-corrected chi connectivity index (χ1v) is 5.90. The van der Waals surface area contributed by atoms with Gasteiger partial charge in [0.1, 0.15) is 0 Å². The summed E-state index contributed by atoms with van der Waals surface area (Å²) in [5, 5.41) is 0. The highest BCUT2D eigenvalue weighted by Crippen LogP contribution is 2.20. The number of rotatable bonds is 7. The van der Waals surface area contributed by atoms with Gasteiger partial charge in [-0.3, -0.25) is 4.90 Å². The van der Waals surface area contributed by atoms with Gasteiger partial charge in [0.05, 0.1) is 12.6 Å². The Kier molecular flexibility index (Phi) is 5.32. The summed E-state index contributed by atoms with van der Waals surface area (Å²) >= 11 is 0. The zero-order chi connectivity index (χ0) is 12.0. The number of nitrogens with zero attached hydrogens (tertiary/aromatic N) is 1. The lowest BCUT2D eigenvalue weighted by Gasteiger charge is -2.19. The largest absolute Gasteiger partial charge is 0.417 e. The molecule has 0 aromatic heterocycles. The number of amides is 1. The standard InChI is InChI=1S/C12H21NO3/c1-4-6-7-9-15-11-10(3)13(8-5-2)12(14)16-11/h5,10-11H,2,4,6-9H2,1,3H3. The van der Waals surface area contributed by atoms with Gasteiger partial charge < -0.3 is 9.47 Å². The molecular formula is C12H21NO3. The van der Waals surface area contributed by atoms with E-state index in [1.807, 2.05) is 6.92 Å². The zero-order valence-corrected chi connectivity index (χ0v) is 10.1. The number of hydrogen-bond acceptors (Lipinski definition) is 3. The maximum Gasteiger partial charge on any atom is 0.412 e. The van der Waals surface area contributed by atoms with Crippen molar-refractivity contribution < 1.29 is 14.3 Å². The van der Waals surface area contributed by atoms with E-state index < -0.39 is 6.29 Å². The van der Waals surface area contributed by atoms with Crippen LogP contribution in [0, 0.1) is 0 Å². The molecule has 4 nitrogen and oxygen atoms in total. The second kappa shape index (κ2) is 6.53. The van der Waals surface area contributed by atoms with Gasteiger partial charge in [0, 0.05) is 6.54 Å². The summed E-state index contributed by atoms with van der Waals surface area (Å²) in [5.41, 5.74) is 0. The molecule has 4 heteroatoms. The van der Waals surface area contributed by atoms with Crippen LogP contribution in [0.5, 0.6) is 0 Å². The molecule has 1 saturated heterocycles. The summed E-state index contributed by atoms with van der Waals surface area (Å²) in [4.78, 5) is 13.1. The first kappa shape index (κ1) is 13.0. The number of cyclic esters (lactones) is 1. The van der Waals surface area contributed by atoms with Crippen molar-refractivity contribution in [1.82, 2.24) is 4.90 Å². The highest BCUT2D eigenvalue weighted by Gasteiger charge is 2.38. The molecule has 2 unspecified atom stereocenters. The summed E-state index contributed by atoms with van der Waals surface area (Å²) in [5.74, 6) is 0. The Hall–Kier alpha value is -1.03. The maximum atomic E-state index is 11.4. The number of ether oxygens (including phenoxy) is 2. The topological polar surface area (TPSA) is 38.8 Å². The predicted molar refractivity (Wildman–Crippen MR) is 62.1 cm³/mol. The van der Waals surface area contributed by atoms with Crippen LogP contribution in [0.25, 0.3) is 0 Å². The third-order valence-corrected chi connectivity index (χ3v) is 2.69. The van der Waals surface area contributed by atoms with Crippen molar-refractivity contribution in [3.63, 3.8) is 0 Å². The first-order valence-electron chi connectivity index (χ1n) is 5.90. The molecule has 1 heterocycles. The van der Waals surface area contributed by atoms with Crippen LogP contribution >= 0.6 is 0 Å². The van der Waals surface area contributed by atoms with Crippen molar-refractivity contribution in [2.24, 2.45) is 0 Å². The van der Waals surface area contributed by atoms with Crippen molar-refractivity contribution in [1.29, 1.82) is 0 Å². The monoisotopic (exact) mass is 227 g/mol. The second-order valence-electron chi connectivity index (χ2n) is 4.01. The molecule has 0 spiro atoms. The lowest BCUT2D eigenvalue weighted by molar-refractivity contribution is -0.0931. The van der Waals surface area contributed by atoms with Crippen molar-refractivity contribution in [2.45, 2.75) is 45.4 Å². The smallest absolute Gasteiger partial charge is 0.412 e. The average Bonchev–Trinajstić information content (AvgIpc) is 2.53. The van der Waals surface area contributed by atoms with E-state index in [2.05, 4.69) is 13.5 Å². The molecule has 0 bridgehead atoms. The molecule has 0 aromatic carbocycles. The van der Waals surface area contributed by atoms with Crippen LogP contribution in [-0.2, 0) is 9.47 Å². The lowest BCUT2D eigenvalue weighted by atomic mass is 10.2. The molecule has 1 aliphatic heterocycles. The summed E-state index contributed by atoms with van der Waals surface area (Å²) in [6, 6.07) is -0.0351. The van der Waals surface area contributed by atoms with Gasteiger partial charge in [-0.2, -0.15) is 0 Å². The molecule has 16 heavy (non-hydrogen) atoms. The van der Waals surface area contributed by atoms with Gasteiger partial charge in [-0.25, -0.2) is 4.79 Å². The Morgan fingerprint density at radius 3 is 2.94 bits per heavy atom. The average molecular weight is 227 g/mol. The summed E-state index contributed by atoms with van der Waals surface area (Å²) in [7, 11) is 0. The normalized spacial score (nSPS) is 24.6. The van der Waals surface area contributed by atoms with Gasteiger partial charge in [-0.15, -0.1) is 6.58 Å². The third kappa shape index (κ3) is 3.23. The number of carbonyl (C=O) groups is 1. The number of hydrogen-bond donors (Lipinski definition) is 0. The van der Waals surface area contributed by atoms with Gasteiger partial charge in [-0.05, 0) is 13.3 Å². The van der Waals surface area contributed by atoms with Gasteiger partial charge >= 0.3 is 6.09 Å². The van der Waals surface area contributed by atoms with Gasteiger partial charge in [0.2, 0.25) is 6.29 Å². The van der Waals surface area contributed by atoms with E-state index in [4.69, 9.17) is 9.47 Å². The fourth-order valence-electron chi connectivity index (χ4n) is 1.68. The van der Waals surface area contributed by atoms with Gasteiger partial charge in [0.25, 0.3) is 0 Å². The molecule has 2 atom stereocenters. The minimum atomic E-state index is -0.427. The Balaban J connectivity index is 2.33. The Morgan fingerprint density at radius 2 is 2.31 bits per heavy atom. The van der Waals surface area contributed by atoms with E-state index in [-0.39, 0.29) is 12.1 Å². The predicted octanol–water partition coefficient (Wildman–Crippen LogP) is 2.55. The number of carbonyl (C=O) groups excluding carboxylic acids is 1. The highest BCUT2D eigenvalue weighted by atomic mass is 16.7. The SMILES string of the molecule is C=CCN1C(=O)OC(OCCCCC)C1C. The molecule has 0 saturated carbocycles. The molecule has 0 aromatic rings. The van der Waals surface area contributed by atoms with Crippen LogP contribution in [-0.4, -0.2) is 36.5 Å². The molecular weight excluding hydrogens is 206 g/mol. The van der Waals surface area contributed by atoms with Crippen LogP contribution in [0.4, 0.5) is 4.79 Å². The first-order chi connectivity index (χ1) is 7.70. The van der Waals surface area contributed by atoms with E-state index in [0.717, 1.165) is 19.3 Å². The van der Waals surface area contributed by atoms with Crippen molar-refractivity contribution in [2.75, 3.05) is 13.2 Å². The second-order valence-corrected chi connectivity index (χ2v) is 4.01. The van der Waals surface area contributed by atoms with Crippen LogP contribution < -0.4 is 0 Å². The summed E-state index contributed by atoms with van der Waals surface area (Å²) < 4.78 is 10.7. The minimum Gasteiger partial charge on any atom is -0.417 e. The summed E-state index contributed by atoms with van der Waals surface area (Å²) in [6.07, 6.45) is 4.27. The molecule has 1 fully saturated rings. The third-order valence-electron chi connectivity index (χ3n) is 2.69. The molecule has 1 aliphatic rings. The quantitative estimate of drug-likeness (QED) is 0.495. The molecule has 92 valence electrons.